The van der Waals surface area contributed by atoms with Gasteiger partial charge >= 0.3 is 0 Å². The monoisotopic (exact) mass is 312 g/mol. The van der Waals surface area contributed by atoms with Crippen molar-refractivity contribution in [3.05, 3.63) is 22.4 Å². The summed E-state index contributed by atoms with van der Waals surface area (Å²) in [4.78, 5) is 14.9. The average Bonchev–Trinajstić information content (AvgIpc) is 3.01. The molecule has 2 N–H and O–H groups in total. The third-order valence-electron chi connectivity index (χ3n) is 3.69. The van der Waals surface area contributed by atoms with Crippen molar-refractivity contribution in [3.8, 4) is 0 Å². The summed E-state index contributed by atoms with van der Waals surface area (Å²) in [6.45, 7) is 6.81. The van der Waals surface area contributed by atoms with E-state index in [9.17, 15) is 9.90 Å². The van der Waals surface area contributed by atoms with Gasteiger partial charge in [0.25, 0.3) is 0 Å². The molecule has 1 aromatic rings. The maximum atomic E-state index is 12.1. The lowest BCUT2D eigenvalue weighted by molar-refractivity contribution is -0.135. The van der Waals surface area contributed by atoms with Crippen LogP contribution in [0.1, 0.15) is 25.1 Å². The minimum atomic E-state index is -0.898. The van der Waals surface area contributed by atoms with E-state index in [0.29, 0.717) is 39.3 Å². The summed E-state index contributed by atoms with van der Waals surface area (Å²) >= 11 is 1.54. The van der Waals surface area contributed by atoms with Gasteiger partial charge in [-0.05, 0) is 25.3 Å². The Morgan fingerprint density at radius 2 is 2.29 bits per heavy atom. The van der Waals surface area contributed by atoms with Gasteiger partial charge in [0.15, 0.2) is 0 Å². The van der Waals surface area contributed by atoms with Gasteiger partial charge in [-0.15, -0.1) is 11.3 Å². The molecule has 2 heterocycles. The van der Waals surface area contributed by atoms with E-state index < -0.39 is 5.60 Å². The van der Waals surface area contributed by atoms with Gasteiger partial charge < -0.3 is 20.1 Å². The van der Waals surface area contributed by atoms with Crippen molar-refractivity contribution < 1.29 is 14.6 Å². The topological polar surface area (TPSA) is 61.8 Å². The number of aliphatic hydroxyl groups is 1. The molecule has 1 aromatic heterocycles. The van der Waals surface area contributed by atoms with E-state index in [0.717, 1.165) is 4.88 Å². The summed E-state index contributed by atoms with van der Waals surface area (Å²) in [5, 5.41) is 15.7. The van der Waals surface area contributed by atoms with Crippen LogP contribution in [0.4, 0.5) is 0 Å². The van der Waals surface area contributed by atoms with E-state index in [4.69, 9.17) is 4.74 Å². The normalized spacial score (nSPS) is 20.0. The van der Waals surface area contributed by atoms with Gasteiger partial charge in [-0.1, -0.05) is 6.07 Å². The summed E-state index contributed by atoms with van der Waals surface area (Å²) in [7, 11) is 0. The van der Waals surface area contributed by atoms with Crippen LogP contribution in [-0.4, -0.2) is 54.8 Å². The third kappa shape index (κ3) is 4.78. The fourth-order valence-corrected chi connectivity index (χ4v) is 3.11. The first kappa shape index (κ1) is 16.4. The third-order valence-corrected chi connectivity index (χ3v) is 4.81. The van der Waals surface area contributed by atoms with Crippen molar-refractivity contribution in [2.45, 2.75) is 31.9 Å². The molecule has 1 aliphatic heterocycles. The first-order valence-electron chi connectivity index (χ1n) is 7.34. The number of ether oxygens (including phenoxy) is 1. The Hall–Kier alpha value is -0.950. The Balaban J connectivity index is 1.76. The zero-order valence-corrected chi connectivity index (χ0v) is 13.5. The Labute approximate surface area is 129 Å². The largest absolute Gasteiger partial charge is 0.383 e. The van der Waals surface area contributed by atoms with Crippen LogP contribution in [0, 0.1) is 0 Å². The first-order chi connectivity index (χ1) is 9.99. The molecule has 0 radical (unpaired) electrons. The van der Waals surface area contributed by atoms with Crippen molar-refractivity contribution in [2.75, 3.05) is 32.8 Å². The van der Waals surface area contributed by atoms with E-state index in [1.807, 2.05) is 29.3 Å². The molecule has 2 unspecified atom stereocenters. The second kappa shape index (κ2) is 7.35. The predicted octanol–water partition coefficient (Wildman–Crippen LogP) is 1.18. The number of nitrogens with one attached hydrogen (secondary N) is 1. The summed E-state index contributed by atoms with van der Waals surface area (Å²) in [5.41, 5.74) is -0.898. The molecule has 1 saturated heterocycles. The van der Waals surface area contributed by atoms with Gasteiger partial charge in [0.2, 0.25) is 5.91 Å². The maximum absolute atomic E-state index is 12.1. The lowest BCUT2D eigenvalue weighted by Gasteiger charge is -2.29. The highest BCUT2D eigenvalue weighted by Gasteiger charge is 2.25. The molecule has 21 heavy (non-hydrogen) atoms. The molecule has 0 aromatic carbocycles. The van der Waals surface area contributed by atoms with E-state index in [1.165, 1.54) is 11.3 Å². The molecule has 0 aliphatic carbocycles. The molecule has 0 saturated carbocycles. The summed E-state index contributed by atoms with van der Waals surface area (Å²) in [5.74, 6) is 0.147. The predicted molar refractivity (Wildman–Crippen MR) is 83.4 cm³/mol. The van der Waals surface area contributed by atoms with Crippen molar-refractivity contribution >= 4 is 17.2 Å². The van der Waals surface area contributed by atoms with Gasteiger partial charge in [-0.3, -0.25) is 4.79 Å². The fourth-order valence-electron chi connectivity index (χ4n) is 2.32. The van der Waals surface area contributed by atoms with Gasteiger partial charge in [0.05, 0.1) is 13.2 Å². The molecule has 2 rings (SSSR count). The van der Waals surface area contributed by atoms with Gasteiger partial charge in [0, 0.05) is 37.0 Å². The molecule has 1 aliphatic rings. The Kier molecular flexibility index (Phi) is 5.75. The number of hydrogen-bond donors (Lipinski definition) is 2. The first-order valence-corrected chi connectivity index (χ1v) is 8.22. The number of thiophene rings is 1. The second-order valence-electron chi connectivity index (χ2n) is 5.73. The van der Waals surface area contributed by atoms with Crippen LogP contribution in [0.25, 0.3) is 0 Å². The van der Waals surface area contributed by atoms with Gasteiger partial charge in [0.1, 0.15) is 5.60 Å². The Morgan fingerprint density at radius 1 is 1.57 bits per heavy atom. The Bertz CT molecular complexity index is 442. The van der Waals surface area contributed by atoms with Crippen LogP contribution in [0.2, 0.25) is 0 Å². The highest BCUT2D eigenvalue weighted by atomic mass is 32.1. The van der Waals surface area contributed by atoms with E-state index >= 15 is 0 Å². The van der Waals surface area contributed by atoms with E-state index in [-0.39, 0.29) is 11.9 Å². The number of morpholine rings is 1. The van der Waals surface area contributed by atoms with Crippen LogP contribution in [0.3, 0.4) is 0 Å². The molecule has 1 amide bonds. The number of carbonyl (C=O) groups is 1. The molecular formula is C15H24N2O3S. The minimum Gasteiger partial charge on any atom is -0.383 e. The molecule has 0 bridgehead atoms. The minimum absolute atomic E-state index is 0.0341. The quantitative estimate of drug-likeness (QED) is 0.828. The summed E-state index contributed by atoms with van der Waals surface area (Å²) in [6.07, 6.45) is 0.445. The highest BCUT2D eigenvalue weighted by Crippen LogP contribution is 2.24. The summed E-state index contributed by atoms with van der Waals surface area (Å²) < 4.78 is 5.25. The van der Waals surface area contributed by atoms with Crippen LogP contribution in [0.15, 0.2) is 17.5 Å². The lowest BCUT2D eigenvalue weighted by Crippen LogP contribution is -2.45. The number of amides is 1. The summed E-state index contributed by atoms with van der Waals surface area (Å²) in [6, 6.07) is 3.89. The van der Waals surface area contributed by atoms with Crippen LogP contribution < -0.4 is 5.32 Å². The van der Waals surface area contributed by atoms with E-state index in [1.54, 1.807) is 6.92 Å². The van der Waals surface area contributed by atoms with Crippen molar-refractivity contribution in [1.29, 1.82) is 0 Å². The van der Waals surface area contributed by atoms with Crippen LogP contribution >= 0.6 is 11.3 Å². The SMILES string of the molecule is CC(CC(=O)N1CCOCC1)NCC(C)(O)c1cccs1. The standard InChI is InChI=1S/C15H24N2O3S/c1-12(10-14(18)17-5-7-20-8-6-17)16-11-15(2,19)13-4-3-9-21-13/h3-4,9,12,16,19H,5-8,10-11H2,1-2H3. The zero-order chi connectivity index (χ0) is 15.3. The van der Waals surface area contributed by atoms with E-state index in [2.05, 4.69) is 5.32 Å². The Morgan fingerprint density at radius 3 is 2.90 bits per heavy atom. The molecule has 2 atom stereocenters. The molecule has 0 spiro atoms. The number of rotatable bonds is 6. The second-order valence-corrected chi connectivity index (χ2v) is 6.68. The van der Waals surface area contributed by atoms with Crippen molar-refractivity contribution in [3.63, 3.8) is 0 Å². The van der Waals surface area contributed by atoms with Gasteiger partial charge in [-0.25, -0.2) is 0 Å². The molecule has 6 heteroatoms. The smallest absolute Gasteiger partial charge is 0.224 e. The van der Waals surface area contributed by atoms with Crippen molar-refractivity contribution in [1.82, 2.24) is 10.2 Å². The molecule has 118 valence electrons. The van der Waals surface area contributed by atoms with Gasteiger partial charge in [-0.2, -0.15) is 0 Å². The molecular weight excluding hydrogens is 288 g/mol. The zero-order valence-electron chi connectivity index (χ0n) is 12.7. The van der Waals surface area contributed by atoms with Crippen LogP contribution in [0.5, 0.6) is 0 Å². The fraction of sp³-hybridized carbons (Fsp3) is 0.667. The molecule has 1 fully saturated rings. The lowest BCUT2D eigenvalue weighted by atomic mass is 10.0. The number of nitrogens with zero attached hydrogens (tertiary/aromatic N) is 1. The number of hydrogen-bond acceptors (Lipinski definition) is 5. The number of carbonyl (C=O) groups excluding carboxylic acids is 1. The molecule has 5 nitrogen and oxygen atoms in total. The average molecular weight is 312 g/mol. The maximum Gasteiger partial charge on any atom is 0.224 e. The highest BCUT2D eigenvalue weighted by molar-refractivity contribution is 7.10. The van der Waals surface area contributed by atoms with Crippen LogP contribution in [-0.2, 0) is 15.1 Å². The van der Waals surface area contributed by atoms with Crippen molar-refractivity contribution in [2.24, 2.45) is 0 Å².